The van der Waals surface area contributed by atoms with Gasteiger partial charge in [-0.15, -0.1) is 0 Å². The molecule has 104 valence electrons. The summed E-state index contributed by atoms with van der Waals surface area (Å²) in [5.41, 5.74) is 0.230. The third-order valence-electron chi connectivity index (χ3n) is 5.13. The van der Waals surface area contributed by atoms with E-state index in [2.05, 4.69) is 33.0 Å². The number of amides is 1. The number of carbonyl (C=O) groups excluding carboxylic acids is 1. The summed E-state index contributed by atoms with van der Waals surface area (Å²) >= 11 is 0. The van der Waals surface area contributed by atoms with E-state index in [1.165, 1.54) is 0 Å². The van der Waals surface area contributed by atoms with E-state index in [0.717, 1.165) is 19.7 Å². The van der Waals surface area contributed by atoms with Crippen molar-refractivity contribution in [2.24, 2.45) is 16.7 Å². The van der Waals surface area contributed by atoms with Gasteiger partial charge in [0.15, 0.2) is 0 Å². The van der Waals surface area contributed by atoms with Crippen LogP contribution in [0.4, 0.5) is 0 Å². The van der Waals surface area contributed by atoms with Gasteiger partial charge in [0.1, 0.15) is 0 Å². The Balaban J connectivity index is 1.90. The van der Waals surface area contributed by atoms with Crippen LogP contribution in [-0.2, 0) is 9.53 Å². The Morgan fingerprint density at radius 2 is 1.94 bits per heavy atom. The number of carbonyl (C=O) groups is 1. The van der Waals surface area contributed by atoms with Gasteiger partial charge in [-0.25, -0.2) is 0 Å². The first-order valence-corrected chi connectivity index (χ1v) is 6.86. The van der Waals surface area contributed by atoms with Crippen molar-refractivity contribution < 1.29 is 9.53 Å². The summed E-state index contributed by atoms with van der Waals surface area (Å²) in [4.78, 5) is 14.3. The lowest BCUT2D eigenvalue weighted by molar-refractivity contribution is -0.134. The van der Waals surface area contributed by atoms with Gasteiger partial charge in [-0.3, -0.25) is 4.79 Å². The zero-order valence-electron chi connectivity index (χ0n) is 12.2. The number of rotatable bonds is 3. The lowest BCUT2D eigenvalue weighted by Crippen LogP contribution is -2.46. The maximum absolute atomic E-state index is 12.5. The first-order chi connectivity index (χ1) is 8.28. The van der Waals surface area contributed by atoms with Crippen LogP contribution in [0.1, 0.15) is 27.7 Å². The first-order valence-electron chi connectivity index (χ1n) is 6.86. The minimum absolute atomic E-state index is 0.115. The second-order valence-corrected chi connectivity index (χ2v) is 6.79. The van der Waals surface area contributed by atoms with Gasteiger partial charge in [0.05, 0.1) is 12.7 Å². The van der Waals surface area contributed by atoms with E-state index in [9.17, 15) is 4.79 Å². The topological polar surface area (TPSA) is 41.6 Å². The Hall–Kier alpha value is -0.610. The third-order valence-corrected chi connectivity index (χ3v) is 5.13. The van der Waals surface area contributed by atoms with E-state index in [1.807, 2.05) is 11.9 Å². The Labute approximate surface area is 110 Å². The largest absolute Gasteiger partial charge is 0.374 e. The second-order valence-electron chi connectivity index (χ2n) is 6.79. The molecule has 1 N–H and O–H groups in total. The highest BCUT2D eigenvalue weighted by molar-refractivity contribution is 5.84. The number of hydrogen-bond donors (Lipinski definition) is 1. The lowest BCUT2D eigenvalue weighted by atomic mass is 10.0. The Morgan fingerprint density at radius 1 is 1.33 bits per heavy atom. The van der Waals surface area contributed by atoms with Gasteiger partial charge in [0.25, 0.3) is 0 Å². The molecule has 0 aromatic heterocycles. The molecule has 4 nitrogen and oxygen atoms in total. The molecule has 1 saturated heterocycles. The molecule has 0 aromatic carbocycles. The van der Waals surface area contributed by atoms with Gasteiger partial charge in [-0.05, 0) is 10.8 Å². The summed E-state index contributed by atoms with van der Waals surface area (Å²) in [6.07, 6.45) is 0.137. The zero-order chi connectivity index (χ0) is 13.6. The van der Waals surface area contributed by atoms with Crippen LogP contribution in [0.5, 0.6) is 0 Å². The molecule has 0 bridgehead atoms. The van der Waals surface area contributed by atoms with E-state index < -0.39 is 0 Å². The number of likely N-dealkylation sites (N-methyl/N-ethyl adjacent to an activating group) is 1. The van der Waals surface area contributed by atoms with E-state index in [1.54, 1.807) is 0 Å². The van der Waals surface area contributed by atoms with Crippen LogP contribution >= 0.6 is 0 Å². The monoisotopic (exact) mass is 254 g/mol. The summed E-state index contributed by atoms with van der Waals surface area (Å²) in [5.74, 6) is 0.408. The molecule has 1 heterocycles. The second kappa shape index (κ2) is 4.49. The molecule has 1 aliphatic carbocycles. The standard InChI is InChI=1S/C14H26N2O2/c1-13(2)11(14(13,3)4)12(17)16(5)9-10-8-15-6-7-18-10/h10-11,15H,6-9H2,1-5H3. The van der Waals surface area contributed by atoms with Crippen LogP contribution in [0.25, 0.3) is 0 Å². The van der Waals surface area contributed by atoms with Crippen LogP contribution in [0.15, 0.2) is 0 Å². The van der Waals surface area contributed by atoms with E-state index in [-0.39, 0.29) is 28.8 Å². The van der Waals surface area contributed by atoms with E-state index >= 15 is 0 Å². The van der Waals surface area contributed by atoms with Crippen LogP contribution in [0, 0.1) is 16.7 Å². The van der Waals surface area contributed by atoms with Crippen molar-refractivity contribution >= 4 is 5.91 Å². The molecule has 0 spiro atoms. The number of nitrogens with one attached hydrogen (secondary N) is 1. The van der Waals surface area contributed by atoms with Crippen LogP contribution in [0.2, 0.25) is 0 Å². The van der Waals surface area contributed by atoms with Crippen molar-refractivity contribution in [3.63, 3.8) is 0 Å². The number of nitrogens with zero attached hydrogens (tertiary/aromatic N) is 1. The van der Waals surface area contributed by atoms with Gasteiger partial charge in [-0.1, -0.05) is 27.7 Å². The normalized spacial score (nSPS) is 29.9. The zero-order valence-corrected chi connectivity index (χ0v) is 12.2. The third kappa shape index (κ3) is 2.16. The average molecular weight is 254 g/mol. The SMILES string of the molecule is CN(CC1CNCCO1)C(=O)C1C(C)(C)C1(C)C. The Kier molecular flexibility index (Phi) is 3.45. The molecular weight excluding hydrogens is 228 g/mol. The van der Waals surface area contributed by atoms with Crippen molar-refractivity contribution in [3.8, 4) is 0 Å². The summed E-state index contributed by atoms with van der Waals surface area (Å²) in [6.45, 7) is 11.9. The molecule has 2 aliphatic rings. The fraction of sp³-hybridized carbons (Fsp3) is 0.929. The summed E-state index contributed by atoms with van der Waals surface area (Å²) in [7, 11) is 1.89. The minimum Gasteiger partial charge on any atom is -0.374 e. The molecular formula is C14H26N2O2. The predicted molar refractivity (Wildman–Crippen MR) is 71.3 cm³/mol. The van der Waals surface area contributed by atoms with Crippen molar-refractivity contribution in [3.05, 3.63) is 0 Å². The highest BCUT2D eigenvalue weighted by Gasteiger charge is 2.68. The van der Waals surface area contributed by atoms with Crippen LogP contribution < -0.4 is 5.32 Å². The van der Waals surface area contributed by atoms with Gasteiger partial charge < -0.3 is 15.0 Å². The van der Waals surface area contributed by atoms with Crippen molar-refractivity contribution in [1.82, 2.24) is 10.2 Å². The highest BCUT2D eigenvalue weighted by atomic mass is 16.5. The quantitative estimate of drug-likeness (QED) is 0.820. The molecule has 1 unspecified atom stereocenters. The minimum atomic E-state index is 0.115. The van der Waals surface area contributed by atoms with Gasteiger partial charge in [0, 0.05) is 32.6 Å². The number of morpholine rings is 1. The smallest absolute Gasteiger partial charge is 0.226 e. The molecule has 1 aliphatic heterocycles. The Bertz CT molecular complexity index is 319. The molecule has 2 fully saturated rings. The van der Waals surface area contributed by atoms with Gasteiger partial charge in [-0.2, -0.15) is 0 Å². The molecule has 2 rings (SSSR count). The summed E-state index contributed by atoms with van der Waals surface area (Å²) < 4.78 is 5.65. The molecule has 1 atom stereocenters. The number of hydrogen-bond acceptors (Lipinski definition) is 3. The highest BCUT2D eigenvalue weighted by Crippen LogP contribution is 2.68. The average Bonchev–Trinajstić information content (AvgIpc) is 2.70. The van der Waals surface area contributed by atoms with Crippen molar-refractivity contribution in [1.29, 1.82) is 0 Å². The fourth-order valence-electron chi connectivity index (χ4n) is 3.17. The van der Waals surface area contributed by atoms with Crippen LogP contribution in [0.3, 0.4) is 0 Å². The predicted octanol–water partition coefficient (Wildman–Crippen LogP) is 1.12. The molecule has 0 radical (unpaired) electrons. The molecule has 1 amide bonds. The van der Waals surface area contributed by atoms with Gasteiger partial charge >= 0.3 is 0 Å². The van der Waals surface area contributed by atoms with Crippen molar-refractivity contribution in [2.45, 2.75) is 33.8 Å². The fourth-order valence-corrected chi connectivity index (χ4v) is 3.17. The lowest BCUT2D eigenvalue weighted by Gasteiger charge is -2.28. The van der Waals surface area contributed by atoms with Crippen LogP contribution in [-0.4, -0.2) is 50.2 Å². The first kappa shape index (κ1) is 13.8. The summed E-state index contributed by atoms with van der Waals surface area (Å²) in [6, 6.07) is 0. The number of ether oxygens (including phenoxy) is 1. The molecule has 4 heteroatoms. The molecule has 18 heavy (non-hydrogen) atoms. The summed E-state index contributed by atoms with van der Waals surface area (Å²) in [5, 5.41) is 3.29. The van der Waals surface area contributed by atoms with Gasteiger partial charge in [0.2, 0.25) is 5.91 Å². The molecule has 1 saturated carbocycles. The maximum Gasteiger partial charge on any atom is 0.226 e. The van der Waals surface area contributed by atoms with E-state index in [4.69, 9.17) is 4.74 Å². The van der Waals surface area contributed by atoms with E-state index in [0.29, 0.717) is 6.54 Å². The maximum atomic E-state index is 12.5. The Morgan fingerprint density at radius 3 is 2.39 bits per heavy atom. The van der Waals surface area contributed by atoms with Crippen molar-refractivity contribution in [2.75, 3.05) is 33.3 Å². The molecule has 0 aromatic rings.